The summed E-state index contributed by atoms with van der Waals surface area (Å²) in [5.41, 5.74) is 3.31. The van der Waals surface area contributed by atoms with Crippen LogP contribution in [0.5, 0.6) is 0 Å². The van der Waals surface area contributed by atoms with E-state index in [-0.39, 0.29) is 10.8 Å². The Morgan fingerprint density at radius 1 is 1.15 bits per heavy atom. The molecular weight excluding hydrogens is 273 g/mol. The van der Waals surface area contributed by atoms with E-state index in [0.717, 1.165) is 19.4 Å². The topological polar surface area (TPSA) is 12.0 Å². The molecule has 0 heterocycles. The summed E-state index contributed by atoms with van der Waals surface area (Å²) < 4.78 is 13.9. The zero-order chi connectivity index (χ0) is 13.9. The van der Waals surface area contributed by atoms with E-state index >= 15 is 0 Å². The number of aryl methyl sites for hydroxylation is 1. The first-order chi connectivity index (χ1) is 9.75. The lowest BCUT2D eigenvalue weighted by molar-refractivity contribution is 0.568. The van der Waals surface area contributed by atoms with Gasteiger partial charge in [0, 0.05) is 12.5 Å². The van der Waals surface area contributed by atoms with Gasteiger partial charge in [0.05, 0.1) is 10.7 Å². The van der Waals surface area contributed by atoms with E-state index in [1.165, 1.54) is 17.5 Å². The van der Waals surface area contributed by atoms with Crippen LogP contribution in [0, 0.1) is 5.82 Å². The minimum atomic E-state index is -0.363. The zero-order valence-corrected chi connectivity index (χ0v) is 12.0. The quantitative estimate of drug-likeness (QED) is 0.837. The monoisotopic (exact) mass is 289 g/mol. The lowest BCUT2D eigenvalue weighted by atomic mass is 9.83. The SMILES string of the molecule is Fc1c(Cl)cccc1NCC1CCCc2ccccc21. The van der Waals surface area contributed by atoms with Gasteiger partial charge in [-0.15, -0.1) is 0 Å². The zero-order valence-electron chi connectivity index (χ0n) is 11.2. The Hall–Kier alpha value is -1.54. The summed E-state index contributed by atoms with van der Waals surface area (Å²) in [6.07, 6.45) is 3.49. The first-order valence-corrected chi connectivity index (χ1v) is 7.39. The van der Waals surface area contributed by atoms with Gasteiger partial charge in [0.1, 0.15) is 0 Å². The second-order valence-electron chi connectivity index (χ2n) is 5.27. The van der Waals surface area contributed by atoms with E-state index in [1.807, 2.05) is 0 Å². The molecule has 3 rings (SSSR count). The van der Waals surface area contributed by atoms with Crippen molar-refractivity contribution < 1.29 is 4.39 Å². The van der Waals surface area contributed by atoms with Gasteiger partial charge in [0.2, 0.25) is 0 Å². The van der Waals surface area contributed by atoms with Gasteiger partial charge in [-0.3, -0.25) is 0 Å². The average molecular weight is 290 g/mol. The van der Waals surface area contributed by atoms with Crippen LogP contribution in [0.15, 0.2) is 42.5 Å². The largest absolute Gasteiger partial charge is 0.382 e. The molecule has 2 aromatic rings. The molecule has 1 nitrogen and oxygen atoms in total. The maximum absolute atomic E-state index is 13.9. The van der Waals surface area contributed by atoms with Gasteiger partial charge in [0.25, 0.3) is 0 Å². The molecule has 2 aromatic carbocycles. The lowest BCUT2D eigenvalue weighted by Crippen LogP contribution is -2.18. The molecular formula is C17H17ClFN. The number of halogens is 2. The minimum absolute atomic E-state index is 0.166. The summed E-state index contributed by atoms with van der Waals surface area (Å²) in [6.45, 7) is 0.744. The van der Waals surface area contributed by atoms with Crippen LogP contribution >= 0.6 is 11.6 Å². The number of fused-ring (bicyclic) bond motifs is 1. The Kier molecular flexibility index (Phi) is 3.93. The second kappa shape index (κ2) is 5.84. The Morgan fingerprint density at radius 3 is 2.90 bits per heavy atom. The second-order valence-corrected chi connectivity index (χ2v) is 5.68. The summed E-state index contributed by atoms with van der Waals surface area (Å²) in [6, 6.07) is 13.6. The fourth-order valence-corrected chi connectivity index (χ4v) is 3.11. The van der Waals surface area contributed by atoms with Gasteiger partial charge in [-0.25, -0.2) is 4.39 Å². The van der Waals surface area contributed by atoms with E-state index in [2.05, 4.69) is 29.6 Å². The minimum Gasteiger partial charge on any atom is -0.382 e. The maximum Gasteiger partial charge on any atom is 0.164 e. The molecule has 0 aromatic heterocycles. The number of hydrogen-bond donors (Lipinski definition) is 1. The van der Waals surface area contributed by atoms with Crippen LogP contribution in [0.4, 0.5) is 10.1 Å². The molecule has 1 atom stereocenters. The number of rotatable bonds is 3. The summed E-state index contributed by atoms with van der Waals surface area (Å²) in [7, 11) is 0. The summed E-state index contributed by atoms with van der Waals surface area (Å²) in [5, 5.41) is 3.37. The first-order valence-electron chi connectivity index (χ1n) is 7.01. The van der Waals surface area contributed by atoms with Crippen molar-refractivity contribution >= 4 is 17.3 Å². The molecule has 0 bridgehead atoms. The van der Waals surface area contributed by atoms with Gasteiger partial charge in [-0.2, -0.15) is 0 Å². The molecule has 104 valence electrons. The highest BCUT2D eigenvalue weighted by Gasteiger charge is 2.19. The fraction of sp³-hybridized carbons (Fsp3) is 0.294. The van der Waals surface area contributed by atoms with Crippen LogP contribution in [0.25, 0.3) is 0 Å². The smallest absolute Gasteiger partial charge is 0.164 e. The van der Waals surface area contributed by atoms with E-state index in [1.54, 1.807) is 18.2 Å². The van der Waals surface area contributed by atoms with Crippen LogP contribution in [0.1, 0.15) is 29.9 Å². The van der Waals surface area contributed by atoms with Crippen molar-refractivity contribution in [2.75, 3.05) is 11.9 Å². The van der Waals surface area contributed by atoms with Crippen LogP contribution in [-0.2, 0) is 6.42 Å². The molecule has 0 spiro atoms. The molecule has 1 aliphatic carbocycles. The summed E-state index contributed by atoms with van der Waals surface area (Å²) in [5.74, 6) is 0.0802. The van der Waals surface area contributed by atoms with Crippen LogP contribution in [0.3, 0.4) is 0 Å². The van der Waals surface area contributed by atoms with Crippen LogP contribution in [-0.4, -0.2) is 6.54 Å². The van der Waals surface area contributed by atoms with E-state index in [4.69, 9.17) is 11.6 Å². The predicted molar refractivity (Wildman–Crippen MR) is 82.0 cm³/mol. The van der Waals surface area contributed by atoms with Crippen molar-refractivity contribution in [1.29, 1.82) is 0 Å². The van der Waals surface area contributed by atoms with E-state index < -0.39 is 0 Å². The molecule has 20 heavy (non-hydrogen) atoms. The molecule has 3 heteroatoms. The molecule has 0 saturated carbocycles. The average Bonchev–Trinajstić information content (AvgIpc) is 2.49. The van der Waals surface area contributed by atoms with Gasteiger partial charge in [-0.05, 0) is 42.5 Å². The third kappa shape index (κ3) is 2.66. The Bertz CT molecular complexity index is 612. The van der Waals surface area contributed by atoms with E-state index in [9.17, 15) is 4.39 Å². The highest BCUT2D eigenvalue weighted by molar-refractivity contribution is 6.31. The predicted octanol–water partition coefficient (Wildman–Crippen LogP) is 5.01. The van der Waals surface area contributed by atoms with Crippen molar-refractivity contribution in [2.24, 2.45) is 0 Å². The van der Waals surface area contributed by atoms with E-state index in [0.29, 0.717) is 11.6 Å². The molecule has 0 radical (unpaired) electrons. The number of hydrogen-bond acceptors (Lipinski definition) is 1. The number of anilines is 1. The summed E-state index contributed by atoms with van der Waals surface area (Å²) in [4.78, 5) is 0. The summed E-state index contributed by atoms with van der Waals surface area (Å²) >= 11 is 5.80. The van der Waals surface area contributed by atoms with Crippen molar-refractivity contribution in [3.05, 3.63) is 64.4 Å². The van der Waals surface area contributed by atoms with Gasteiger partial charge < -0.3 is 5.32 Å². The van der Waals surface area contributed by atoms with Gasteiger partial charge >= 0.3 is 0 Å². The Balaban J connectivity index is 1.75. The molecule has 0 aliphatic heterocycles. The Morgan fingerprint density at radius 2 is 2.00 bits per heavy atom. The fourth-order valence-electron chi connectivity index (χ4n) is 2.94. The molecule has 1 aliphatic rings. The van der Waals surface area contributed by atoms with Crippen molar-refractivity contribution in [3.8, 4) is 0 Å². The number of benzene rings is 2. The van der Waals surface area contributed by atoms with Crippen molar-refractivity contribution in [3.63, 3.8) is 0 Å². The molecule has 0 saturated heterocycles. The van der Waals surface area contributed by atoms with Crippen molar-refractivity contribution in [1.82, 2.24) is 0 Å². The number of nitrogens with one attached hydrogen (secondary N) is 1. The Labute approximate surface area is 123 Å². The third-order valence-electron chi connectivity index (χ3n) is 3.98. The highest BCUT2D eigenvalue weighted by atomic mass is 35.5. The standard InChI is InChI=1S/C17H17ClFN/c18-15-9-4-10-16(17(15)19)20-11-13-7-3-6-12-5-1-2-8-14(12)13/h1-2,4-5,8-10,13,20H,3,6-7,11H2. The third-order valence-corrected chi connectivity index (χ3v) is 4.28. The van der Waals surface area contributed by atoms with Crippen LogP contribution in [0.2, 0.25) is 5.02 Å². The maximum atomic E-state index is 13.9. The molecule has 1 N–H and O–H groups in total. The van der Waals surface area contributed by atoms with Crippen LogP contribution < -0.4 is 5.32 Å². The lowest BCUT2D eigenvalue weighted by Gasteiger charge is -2.26. The molecule has 0 fully saturated rings. The van der Waals surface area contributed by atoms with Gasteiger partial charge in [-0.1, -0.05) is 41.9 Å². The highest BCUT2D eigenvalue weighted by Crippen LogP contribution is 2.32. The van der Waals surface area contributed by atoms with Gasteiger partial charge in [0.15, 0.2) is 5.82 Å². The molecule has 1 unspecified atom stereocenters. The van der Waals surface area contributed by atoms with Crippen molar-refractivity contribution in [2.45, 2.75) is 25.2 Å². The molecule has 0 amide bonds. The first kappa shape index (κ1) is 13.4. The normalized spacial score (nSPS) is 17.6.